The Morgan fingerprint density at radius 2 is 2.06 bits per heavy atom. The van der Waals surface area contributed by atoms with E-state index in [1.807, 2.05) is 40.8 Å². The van der Waals surface area contributed by atoms with Gasteiger partial charge in [-0.05, 0) is 20.9 Å². The molecule has 4 nitrogen and oxygen atoms in total. The van der Waals surface area contributed by atoms with E-state index >= 15 is 0 Å². The summed E-state index contributed by atoms with van der Waals surface area (Å²) >= 11 is 0. The molecule has 1 aliphatic rings. The first-order valence-corrected chi connectivity index (χ1v) is 6.40. The Hall–Kier alpha value is -0.870. The van der Waals surface area contributed by atoms with Crippen molar-refractivity contribution >= 4 is 5.91 Å². The van der Waals surface area contributed by atoms with Crippen molar-refractivity contribution in [3.63, 3.8) is 0 Å². The van der Waals surface area contributed by atoms with Crippen LogP contribution in [-0.4, -0.2) is 50.2 Å². The van der Waals surface area contributed by atoms with Gasteiger partial charge in [-0.1, -0.05) is 19.9 Å². The van der Waals surface area contributed by atoms with Gasteiger partial charge < -0.3 is 10.1 Å². The molecule has 0 aliphatic carbocycles. The minimum Gasteiger partial charge on any atom is -0.378 e. The zero-order valence-corrected chi connectivity index (χ0v) is 11.7. The maximum atomic E-state index is 11.6. The highest BCUT2D eigenvalue weighted by atomic mass is 16.5. The van der Waals surface area contributed by atoms with Crippen molar-refractivity contribution < 1.29 is 9.53 Å². The normalized spacial score (nSPS) is 16.0. The molecule has 1 aliphatic heterocycles. The van der Waals surface area contributed by atoms with Crippen molar-refractivity contribution in [2.24, 2.45) is 0 Å². The minimum absolute atomic E-state index is 0.0343. The monoisotopic (exact) mass is 242 g/mol. The Morgan fingerprint density at radius 1 is 1.47 bits per heavy atom. The smallest absolute Gasteiger partial charge is 0.248 e. The number of hydrogen-bond donors (Lipinski definition) is 1. The van der Waals surface area contributed by atoms with E-state index in [4.69, 9.17) is 4.74 Å². The minimum atomic E-state index is 0.0343. The van der Waals surface area contributed by atoms with E-state index in [1.54, 1.807) is 0 Å². The number of rotatable bonds is 5. The summed E-state index contributed by atoms with van der Waals surface area (Å²) in [6.07, 6.45) is 1.88. The number of likely N-dealkylation sites (N-methyl/N-ethyl adjacent to an activating group) is 2. The van der Waals surface area contributed by atoms with Crippen LogP contribution in [0.4, 0.5) is 0 Å². The highest BCUT2D eigenvalue weighted by Gasteiger charge is 2.24. The molecule has 0 aromatic rings. The van der Waals surface area contributed by atoms with Crippen molar-refractivity contribution in [2.75, 3.05) is 33.4 Å². The van der Waals surface area contributed by atoms with E-state index in [0.717, 1.165) is 18.8 Å². The summed E-state index contributed by atoms with van der Waals surface area (Å²) in [5.41, 5.74) is 0.825. The van der Waals surface area contributed by atoms with E-state index in [2.05, 4.69) is 10.2 Å². The second-order valence-corrected chi connectivity index (χ2v) is 3.78. The molecule has 0 bridgehead atoms. The Balaban J connectivity index is 0.00000121. The van der Waals surface area contributed by atoms with Gasteiger partial charge in [-0.15, -0.1) is 0 Å². The van der Waals surface area contributed by atoms with Gasteiger partial charge in [0.2, 0.25) is 5.91 Å². The molecule has 1 rings (SSSR count). The Bertz CT molecular complexity index is 248. The fraction of sp³-hybridized carbons (Fsp3) is 0.769. The summed E-state index contributed by atoms with van der Waals surface area (Å²) in [7, 11) is 2.02. The van der Waals surface area contributed by atoms with Gasteiger partial charge in [-0.3, -0.25) is 9.69 Å². The second-order valence-electron chi connectivity index (χ2n) is 3.78. The highest BCUT2D eigenvalue weighted by Crippen LogP contribution is 2.10. The number of carbonyl (C=O) groups excluding carboxylic acids is 1. The number of ether oxygens (including phenoxy) is 1. The van der Waals surface area contributed by atoms with Crippen molar-refractivity contribution in [1.82, 2.24) is 10.2 Å². The lowest BCUT2D eigenvalue weighted by Crippen LogP contribution is -2.48. The maximum Gasteiger partial charge on any atom is 0.248 e. The van der Waals surface area contributed by atoms with Crippen LogP contribution >= 0.6 is 0 Å². The molecule has 0 spiro atoms. The topological polar surface area (TPSA) is 41.6 Å². The molecule has 0 aromatic carbocycles. The average molecular weight is 242 g/mol. The van der Waals surface area contributed by atoms with Gasteiger partial charge in [0.1, 0.15) is 0 Å². The molecule has 0 aromatic heterocycles. The van der Waals surface area contributed by atoms with Gasteiger partial charge in [-0.2, -0.15) is 0 Å². The molecule has 1 heterocycles. The number of hydrogen-bond acceptors (Lipinski definition) is 3. The fourth-order valence-electron chi connectivity index (χ4n) is 1.44. The van der Waals surface area contributed by atoms with Gasteiger partial charge in [0, 0.05) is 18.7 Å². The molecule has 1 saturated heterocycles. The standard InChI is InChI=1S/C11H20N2O2.C2H6/c1-4-9(11(14)12-5-2)6-13(3)10-7-15-8-10;1-2/h4,10H,5-8H2,1-3H3,(H,12,14);1-2H3/b9-4+;. The number of amides is 1. The van der Waals surface area contributed by atoms with Gasteiger partial charge in [-0.25, -0.2) is 0 Å². The first-order chi connectivity index (χ1) is 8.19. The molecule has 17 heavy (non-hydrogen) atoms. The van der Waals surface area contributed by atoms with Crippen LogP contribution in [0.2, 0.25) is 0 Å². The van der Waals surface area contributed by atoms with Gasteiger partial charge in [0.15, 0.2) is 0 Å². The van der Waals surface area contributed by atoms with Crippen LogP contribution in [0.5, 0.6) is 0 Å². The van der Waals surface area contributed by atoms with E-state index in [9.17, 15) is 4.79 Å². The predicted molar refractivity (Wildman–Crippen MR) is 71.0 cm³/mol. The lowest BCUT2D eigenvalue weighted by atomic mass is 10.1. The van der Waals surface area contributed by atoms with E-state index < -0.39 is 0 Å². The zero-order chi connectivity index (χ0) is 13.3. The summed E-state index contributed by atoms with van der Waals surface area (Å²) in [6, 6.07) is 0.467. The average Bonchev–Trinajstić information content (AvgIpc) is 2.26. The van der Waals surface area contributed by atoms with E-state index in [1.165, 1.54) is 0 Å². The Kier molecular flexibility index (Phi) is 8.72. The summed E-state index contributed by atoms with van der Waals surface area (Å²) in [4.78, 5) is 13.8. The zero-order valence-electron chi connectivity index (χ0n) is 11.7. The summed E-state index contributed by atoms with van der Waals surface area (Å²) in [6.45, 7) is 10.7. The van der Waals surface area contributed by atoms with Crippen molar-refractivity contribution in [3.8, 4) is 0 Å². The predicted octanol–water partition coefficient (Wildman–Crippen LogP) is 1.43. The lowest BCUT2D eigenvalue weighted by Gasteiger charge is -2.34. The molecule has 0 saturated carbocycles. The molecule has 0 unspecified atom stereocenters. The summed E-state index contributed by atoms with van der Waals surface area (Å²) < 4.78 is 5.12. The molecule has 4 heteroatoms. The molecule has 1 N–H and O–H groups in total. The molecule has 1 fully saturated rings. The number of nitrogens with zero attached hydrogens (tertiary/aromatic N) is 1. The molecular weight excluding hydrogens is 216 g/mol. The molecule has 0 radical (unpaired) electrons. The summed E-state index contributed by atoms with van der Waals surface area (Å²) in [5.74, 6) is 0.0343. The van der Waals surface area contributed by atoms with E-state index in [0.29, 0.717) is 19.1 Å². The van der Waals surface area contributed by atoms with Crippen LogP contribution in [-0.2, 0) is 9.53 Å². The van der Waals surface area contributed by atoms with Crippen molar-refractivity contribution in [1.29, 1.82) is 0 Å². The first kappa shape index (κ1) is 16.1. The van der Waals surface area contributed by atoms with Crippen LogP contribution in [0.25, 0.3) is 0 Å². The van der Waals surface area contributed by atoms with E-state index in [-0.39, 0.29) is 5.91 Å². The Morgan fingerprint density at radius 3 is 2.41 bits per heavy atom. The third kappa shape index (κ3) is 5.33. The van der Waals surface area contributed by atoms with Gasteiger partial charge >= 0.3 is 0 Å². The molecular formula is C13H26N2O2. The fourth-order valence-corrected chi connectivity index (χ4v) is 1.44. The van der Waals surface area contributed by atoms with Gasteiger partial charge in [0.05, 0.1) is 19.3 Å². The van der Waals surface area contributed by atoms with Crippen molar-refractivity contribution in [2.45, 2.75) is 33.7 Å². The maximum absolute atomic E-state index is 11.6. The van der Waals surface area contributed by atoms with Crippen LogP contribution in [0.1, 0.15) is 27.7 Å². The quantitative estimate of drug-likeness (QED) is 0.741. The third-order valence-electron chi connectivity index (χ3n) is 2.64. The van der Waals surface area contributed by atoms with Crippen LogP contribution in [0.3, 0.4) is 0 Å². The molecule has 100 valence electrons. The second kappa shape index (κ2) is 9.19. The van der Waals surface area contributed by atoms with Gasteiger partial charge in [0.25, 0.3) is 0 Å². The largest absolute Gasteiger partial charge is 0.378 e. The first-order valence-electron chi connectivity index (χ1n) is 6.40. The third-order valence-corrected chi connectivity index (χ3v) is 2.64. The highest BCUT2D eigenvalue weighted by molar-refractivity contribution is 5.93. The molecule has 1 amide bonds. The van der Waals surface area contributed by atoms with Crippen LogP contribution in [0.15, 0.2) is 11.6 Å². The number of carbonyl (C=O) groups is 1. The molecule has 0 atom stereocenters. The van der Waals surface area contributed by atoms with Crippen molar-refractivity contribution in [3.05, 3.63) is 11.6 Å². The number of allylic oxidation sites excluding steroid dienone is 1. The van der Waals surface area contributed by atoms with Crippen LogP contribution < -0.4 is 5.32 Å². The Labute approximate surface area is 105 Å². The number of nitrogens with one attached hydrogen (secondary N) is 1. The summed E-state index contributed by atoms with van der Waals surface area (Å²) in [5, 5.41) is 2.81. The SMILES string of the molecule is C/C=C(\CN(C)C1COC1)C(=O)NCC.CC. The van der Waals surface area contributed by atoms with Crippen LogP contribution in [0, 0.1) is 0 Å². The lowest BCUT2D eigenvalue weighted by molar-refractivity contribution is -0.118.